The molecule has 2 N–H and O–H groups in total. The van der Waals surface area contributed by atoms with Crippen molar-refractivity contribution in [2.75, 3.05) is 26.2 Å². The lowest BCUT2D eigenvalue weighted by molar-refractivity contribution is 0.0169. The van der Waals surface area contributed by atoms with Crippen molar-refractivity contribution in [1.29, 1.82) is 0 Å². The third-order valence-electron chi connectivity index (χ3n) is 7.30. The Morgan fingerprint density at radius 1 is 1.10 bits per heavy atom. The van der Waals surface area contributed by atoms with Gasteiger partial charge in [-0.1, -0.05) is 12.1 Å². The van der Waals surface area contributed by atoms with Crippen LogP contribution < -0.4 is 16.3 Å². The molecular weight excluding hydrogens is 542 g/mol. The van der Waals surface area contributed by atoms with Crippen LogP contribution in [0.2, 0.25) is 0 Å². The van der Waals surface area contributed by atoms with Gasteiger partial charge in [0, 0.05) is 49.8 Å². The normalized spacial score (nSPS) is 19.5. The third kappa shape index (κ3) is 5.48. The lowest BCUT2D eigenvalue weighted by Crippen LogP contribution is -2.51. The summed E-state index contributed by atoms with van der Waals surface area (Å²) >= 11 is 1.27. The first kappa shape index (κ1) is 27.1. The van der Waals surface area contributed by atoms with Gasteiger partial charge in [-0.25, -0.2) is 19.1 Å². The summed E-state index contributed by atoms with van der Waals surface area (Å²) in [4.78, 5) is 47.7. The van der Waals surface area contributed by atoms with Crippen molar-refractivity contribution >= 4 is 34.4 Å². The molecule has 4 heterocycles. The number of benzene rings is 1. The molecule has 2 aromatic heterocycles. The molecule has 12 heteroatoms. The molecule has 1 aliphatic carbocycles. The van der Waals surface area contributed by atoms with Crippen molar-refractivity contribution in [3.8, 4) is 5.13 Å². The fraction of sp³-hybridized carbons (Fsp3) is 0.448. The molecule has 6 rings (SSSR count). The number of nitrogens with one attached hydrogen (secondary N) is 2. The molecule has 3 aliphatic rings. The van der Waals surface area contributed by atoms with Gasteiger partial charge in [0.25, 0.3) is 5.91 Å². The van der Waals surface area contributed by atoms with Gasteiger partial charge < -0.3 is 25.2 Å². The Labute approximate surface area is 242 Å². The molecule has 2 fully saturated rings. The van der Waals surface area contributed by atoms with E-state index in [1.165, 1.54) is 11.3 Å². The molecule has 41 heavy (non-hydrogen) atoms. The first-order valence-electron chi connectivity index (χ1n) is 14.0. The van der Waals surface area contributed by atoms with E-state index < -0.39 is 5.60 Å². The van der Waals surface area contributed by atoms with Gasteiger partial charge in [0.15, 0.2) is 5.13 Å². The molecule has 1 saturated heterocycles. The van der Waals surface area contributed by atoms with Crippen molar-refractivity contribution in [1.82, 2.24) is 34.6 Å². The molecular formula is C29H35N7O4S. The minimum absolute atomic E-state index is 0.0797. The Kier molecular flexibility index (Phi) is 6.88. The number of piperazine rings is 1. The number of amides is 2. The predicted octanol–water partition coefficient (Wildman–Crippen LogP) is 3.58. The first-order chi connectivity index (χ1) is 19.6. The number of dihydropyridines is 1. The number of rotatable bonds is 5. The van der Waals surface area contributed by atoms with E-state index in [9.17, 15) is 14.4 Å². The summed E-state index contributed by atoms with van der Waals surface area (Å²) in [6.45, 7) is 9.88. The summed E-state index contributed by atoms with van der Waals surface area (Å²) in [5.41, 5.74) is 2.78. The van der Waals surface area contributed by atoms with E-state index in [-0.39, 0.29) is 35.5 Å². The smallest absolute Gasteiger partial charge is 0.410 e. The van der Waals surface area contributed by atoms with Crippen LogP contribution in [-0.2, 0) is 4.74 Å². The van der Waals surface area contributed by atoms with E-state index in [0.717, 1.165) is 29.6 Å². The van der Waals surface area contributed by atoms with Crippen molar-refractivity contribution in [2.24, 2.45) is 0 Å². The van der Waals surface area contributed by atoms with E-state index in [2.05, 4.69) is 26.6 Å². The Balaban J connectivity index is 1.17. The van der Waals surface area contributed by atoms with Crippen LogP contribution in [0.5, 0.6) is 0 Å². The fourth-order valence-electron chi connectivity index (χ4n) is 5.19. The number of imidazole rings is 1. The quantitative estimate of drug-likeness (QED) is 0.477. The maximum Gasteiger partial charge on any atom is 0.410 e. The summed E-state index contributed by atoms with van der Waals surface area (Å²) in [7, 11) is 0. The highest BCUT2D eigenvalue weighted by Gasteiger charge is 2.31. The zero-order chi connectivity index (χ0) is 28.9. The van der Waals surface area contributed by atoms with Crippen LogP contribution in [0, 0.1) is 0 Å². The van der Waals surface area contributed by atoms with E-state index >= 15 is 0 Å². The second-order valence-electron chi connectivity index (χ2n) is 11.7. The molecule has 0 spiro atoms. The van der Waals surface area contributed by atoms with Crippen molar-refractivity contribution < 1.29 is 14.3 Å². The number of para-hydroxylation sites is 2. The monoisotopic (exact) mass is 577 g/mol. The second kappa shape index (κ2) is 10.4. The van der Waals surface area contributed by atoms with E-state index in [0.29, 0.717) is 37.0 Å². The Bertz CT molecular complexity index is 1610. The van der Waals surface area contributed by atoms with Gasteiger partial charge in [-0.3, -0.25) is 9.36 Å². The zero-order valence-corrected chi connectivity index (χ0v) is 24.5. The average molecular weight is 578 g/mol. The van der Waals surface area contributed by atoms with Crippen molar-refractivity contribution in [3.05, 3.63) is 69.5 Å². The first-order valence-corrected chi connectivity index (χ1v) is 14.9. The van der Waals surface area contributed by atoms with Crippen molar-refractivity contribution in [3.63, 3.8) is 0 Å². The van der Waals surface area contributed by atoms with Gasteiger partial charge in [0.05, 0.1) is 22.4 Å². The predicted molar refractivity (Wildman–Crippen MR) is 157 cm³/mol. The molecule has 216 valence electrons. The van der Waals surface area contributed by atoms with Gasteiger partial charge in [0.2, 0.25) is 0 Å². The van der Waals surface area contributed by atoms with Gasteiger partial charge in [-0.15, -0.1) is 11.3 Å². The van der Waals surface area contributed by atoms with Crippen molar-refractivity contribution in [2.45, 2.75) is 58.2 Å². The summed E-state index contributed by atoms with van der Waals surface area (Å²) in [5, 5.41) is 8.42. The number of fused-ring (bicyclic) bond motifs is 1. The highest BCUT2D eigenvalue weighted by molar-refractivity contribution is 7.12. The standard InChI is InChI=1S/C29H35N7O4S/c1-18-15-24(33-11-13-34(14-12-33)28(39)40-29(2,3)4)20(16-30-18)31-25(37)21-17-41-26(32-21)36-23-8-6-5-7-22(23)35(27(36)38)19-9-10-19/h5-8,15-19,30H,9-14H2,1-4H3,(H,31,37). The van der Waals surface area contributed by atoms with E-state index in [1.807, 2.05) is 56.5 Å². The van der Waals surface area contributed by atoms with Crippen LogP contribution in [0.15, 0.2) is 58.1 Å². The summed E-state index contributed by atoms with van der Waals surface area (Å²) in [5.74, 6) is -0.354. The number of thiazole rings is 1. The summed E-state index contributed by atoms with van der Waals surface area (Å²) in [6, 6.07) is 8.01. The molecule has 2 aliphatic heterocycles. The Hall–Kier alpha value is -4.06. The second-order valence-corrected chi connectivity index (χ2v) is 12.5. The molecule has 11 nitrogen and oxygen atoms in total. The van der Waals surface area contributed by atoms with Crippen LogP contribution in [0.3, 0.4) is 0 Å². The number of ether oxygens (including phenoxy) is 1. The molecule has 0 radical (unpaired) electrons. The van der Waals surface area contributed by atoms with Gasteiger partial charge >= 0.3 is 11.8 Å². The van der Waals surface area contributed by atoms with E-state index in [1.54, 1.807) is 21.0 Å². The lowest BCUT2D eigenvalue weighted by Gasteiger charge is -2.39. The highest BCUT2D eigenvalue weighted by Crippen LogP contribution is 2.36. The molecule has 0 bridgehead atoms. The van der Waals surface area contributed by atoms with Crippen LogP contribution in [0.1, 0.15) is 57.1 Å². The fourth-order valence-corrected chi connectivity index (χ4v) is 6.00. The number of nitrogens with zero attached hydrogens (tertiary/aromatic N) is 5. The van der Waals surface area contributed by atoms with Crippen LogP contribution in [0.4, 0.5) is 4.79 Å². The summed E-state index contributed by atoms with van der Waals surface area (Å²) in [6.07, 6.45) is 5.55. The molecule has 1 saturated carbocycles. The Morgan fingerprint density at radius 3 is 2.49 bits per heavy atom. The maximum absolute atomic E-state index is 13.4. The maximum atomic E-state index is 13.4. The number of carbonyl (C=O) groups excluding carboxylic acids is 2. The summed E-state index contributed by atoms with van der Waals surface area (Å²) < 4.78 is 8.97. The largest absolute Gasteiger partial charge is 0.444 e. The van der Waals surface area contributed by atoms with Crippen LogP contribution in [0.25, 0.3) is 16.2 Å². The SMILES string of the molecule is CC1C=C(N2CCN(C(=O)OC(C)(C)C)CC2)C(NC(=O)c2csc(-n3c(=O)n(C4CC4)c4ccccc43)n2)=CN1. The topological polar surface area (TPSA) is 114 Å². The molecule has 1 atom stereocenters. The number of aromatic nitrogens is 3. The lowest BCUT2D eigenvalue weighted by atomic mass is 10.1. The van der Waals surface area contributed by atoms with E-state index in [4.69, 9.17) is 4.74 Å². The van der Waals surface area contributed by atoms with Crippen LogP contribution >= 0.6 is 11.3 Å². The molecule has 2 amide bonds. The third-order valence-corrected chi connectivity index (χ3v) is 8.13. The zero-order valence-electron chi connectivity index (χ0n) is 23.7. The number of hydrogen-bond acceptors (Lipinski definition) is 8. The average Bonchev–Trinajstić information content (AvgIpc) is 3.56. The minimum atomic E-state index is -0.543. The highest BCUT2D eigenvalue weighted by atomic mass is 32.1. The van der Waals surface area contributed by atoms with Gasteiger partial charge in [-0.05, 0) is 58.7 Å². The number of hydrogen-bond donors (Lipinski definition) is 2. The molecule has 1 aromatic carbocycles. The molecule has 3 aromatic rings. The van der Waals surface area contributed by atoms with Gasteiger partial charge in [0.1, 0.15) is 11.3 Å². The number of carbonyl (C=O) groups is 2. The Morgan fingerprint density at radius 2 is 1.80 bits per heavy atom. The van der Waals surface area contributed by atoms with Crippen LogP contribution in [-0.4, -0.2) is 73.7 Å². The minimum Gasteiger partial charge on any atom is -0.444 e. The van der Waals surface area contributed by atoms with Gasteiger partial charge in [-0.2, -0.15) is 0 Å². The molecule has 1 unspecified atom stereocenters.